The van der Waals surface area contributed by atoms with Crippen LogP contribution in [0.25, 0.3) is 0 Å². The van der Waals surface area contributed by atoms with Crippen molar-refractivity contribution in [2.24, 2.45) is 0 Å². The molecule has 0 saturated carbocycles. The minimum atomic E-state index is -0.393. The van der Waals surface area contributed by atoms with Gasteiger partial charge in [-0.2, -0.15) is 0 Å². The third kappa shape index (κ3) is 4.85. The summed E-state index contributed by atoms with van der Waals surface area (Å²) in [4.78, 5) is 0. The molecule has 0 aromatic heterocycles. The summed E-state index contributed by atoms with van der Waals surface area (Å²) in [5, 5.41) is 3.68. The second-order valence-electron chi connectivity index (χ2n) is 5.63. The van der Waals surface area contributed by atoms with Gasteiger partial charge in [0.15, 0.2) is 11.5 Å². The van der Waals surface area contributed by atoms with Crippen molar-refractivity contribution in [3.05, 3.63) is 56.8 Å². The lowest BCUT2D eigenvalue weighted by molar-refractivity contribution is 0.277. The molecule has 0 aliphatic heterocycles. The van der Waals surface area contributed by atoms with Crippen LogP contribution in [-0.2, 0) is 13.2 Å². The van der Waals surface area contributed by atoms with E-state index < -0.39 is 5.82 Å². The Labute approximate surface area is 155 Å². The number of methoxy groups -OCH3 is 1. The molecule has 0 aliphatic rings. The Hall–Kier alpha value is -1.30. The molecular weight excluding hydrogens is 397 g/mol. The Bertz CT molecular complexity index is 689. The highest BCUT2D eigenvalue weighted by molar-refractivity contribution is 9.10. The lowest BCUT2D eigenvalue weighted by atomic mass is 10.2. The average Bonchev–Trinajstić information content (AvgIpc) is 2.53. The quantitative estimate of drug-likeness (QED) is 0.662. The predicted molar refractivity (Wildman–Crippen MR) is 98.4 cm³/mol. The lowest BCUT2D eigenvalue weighted by Crippen LogP contribution is -2.21. The van der Waals surface area contributed by atoms with E-state index in [1.807, 2.05) is 12.1 Å². The highest BCUT2D eigenvalue weighted by Crippen LogP contribution is 2.37. The fourth-order valence-corrected chi connectivity index (χ4v) is 2.97. The molecule has 3 nitrogen and oxygen atoms in total. The molecule has 2 aromatic rings. The molecule has 0 unspecified atom stereocenters. The molecule has 2 aromatic carbocycles. The van der Waals surface area contributed by atoms with E-state index in [0.29, 0.717) is 34.7 Å². The molecule has 0 heterocycles. The van der Waals surface area contributed by atoms with Gasteiger partial charge in [0.2, 0.25) is 0 Å². The van der Waals surface area contributed by atoms with Crippen molar-refractivity contribution in [3.63, 3.8) is 0 Å². The Morgan fingerprint density at radius 1 is 1.29 bits per heavy atom. The molecule has 130 valence electrons. The monoisotopic (exact) mass is 415 g/mol. The van der Waals surface area contributed by atoms with E-state index in [1.54, 1.807) is 19.2 Å². The maximum atomic E-state index is 13.9. The van der Waals surface area contributed by atoms with E-state index in [9.17, 15) is 4.39 Å². The summed E-state index contributed by atoms with van der Waals surface area (Å²) in [5.74, 6) is 0.706. The van der Waals surface area contributed by atoms with Crippen LogP contribution in [0.5, 0.6) is 11.5 Å². The fraction of sp³-hybridized carbons (Fsp3) is 0.333. The molecule has 6 heteroatoms. The first kappa shape index (κ1) is 19.0. The van der Waals surface area contributed by atoms with Crippen molar-refractivity contribution in [2.45, 2.75) is 33.0 Å². The minimum absolute atomic E-state index is 0.0179. The number of nitrogens with one attached hydrogen (secondary N) is 1. The highest BCUT2D eigenvalue weighted by atomic mass is 79.9. The largest absolute Gasteiger partial charge is 0.493 e. The van der Waals surface area contributed by atoms with Crippen molar-refractivity contribution >= 4 is 27.5 Å². The molecule has 0 aliphatic carbocycles. The Kier molecular flexibility index (Phi) is 6.90. The van der Waals surface area contributed by atoms with Gasteiger partial charge in [0, 0.05) is 18.2 Å². The zero-order valence-corrected chi connectivity index (χ0v) is 16.2. The molecule has 0 bridgehead atoms. The van der Waals surface area contributed by atoms with Crippen molar-refractivity contribution in [1.82, 2.24) is 5.32 Å². The number of ether oxygens (including phenoxy) is 2. The summed E-state index contributed by atoms with van der Waals surface area (Å²) in [5.41, 5.74) is 1.38. The summed E-state index contributed by atoms with van der Waals surface area (Å²) in [7, 11) is 1.57. The molecule has 0 fully saturated rings. The van der Waals surface area contributed by atoms with Crippen LogP contribution in [0.4, 0.5) is 4.39 Å². The van der Waals surface area contributed by atoms with Crippen LogP contribution in [-0.4, -0.2) is 13.2 Å². The average molecular weight is 417 g/mol. The van der Waals surface area contributed by atoms with Gasteiger partial charge in [0.05, 0.1) is 16.6 Å². The maximum Gasteiger partial charge on any atom is 0.175 e. The number of rotatable bonds is 7. The summed E-state index contributed by atoms with van der Waals surface area (Å²) in [6, 6.07) is 8.80. The van der Waals surface area contributed by atoms with E-state index in [0.717, 1.165) is 10.0 Å². The van der Waals surface area contributed by atoms with Gasteiger partial charge in [-0.25, -0.2) is 4.39 Å². The van der Waals surface area contributed by atoms with Crippen LogP contribution in [0.1, 0.15) is 25.0 Å². The topological polar surface area (TPSA) is 30.5 Å². The summed E-state index contributed by atoms with van der Waals surface area (Å²) >= 11 is 9.53. The summed E-state index contributed by atoms with van der Waals surface area (Å²) in [6.07, 6.45) is 0. The van der Waals surface area contributed by atoms with Crippen LogP contribution < -0.4 is 14.8 Å². The Morgan fingerprint density at radius 2 is 2.04 bits per heavy atom. The van der Waals surface area contributed by atoms with Crippen LogP contribution >= 0.6 is 27.5 Å². The second-order valence-corrected chi connectivity index (χ2v) is 6.90. The molecule has 24 heavy (non-hydrogen) atoms. The van der Waals surface area contributed by atoms with Crippen LogP contribution in [0.15, 0.2) is 34.8 Å². The summed E-state index contributed by atoms with van der Waals surface area (Å²) in [6.45, 7) is 4.90. The fourth-order valence-electron chi connectivity index (χ4n) is 2.15. The lowest BCUT2D eigenvalue weighted by Gasteiger charge is -2.16. The van der Waals surface area contributed by atoms with Crippen LogP contribution in [0.2, 0.25) is 5.02 Å². The maximum absolute atomic E-state index is 13.9. The SMILES string of the molecule is COc1cc(CNC(C)C)cc(Br)c1OCc1c(F)cccc1Cl. The van der Waals surface area contributed by atoms with Gasteiger partial charge in [0.1, 0.15) is 12.4 Å². The zero-order valence-electron chi connectivity index (χ0n) is 13.8. The second kappa shape index (κ2) is 8.70. The van der Waals surface area contributed by atoms with E-state index in [-0.39, 0.29) is 6.61 Å². The third-order valence-electron chi connectivity index (χ3n) is 3.43. The molecule has 0 atom stereocenters. The van der Waals surface area contributed by atoms with E-state index in [2.05, 4.69) is 35.1 Å². The molecule has 2 rings (SSSR count). The highest BCUT2D eigenvalue weighted by Gasteiger charge is 2.14. The van der Waals surface area contributed by atoms with E-state index >= 15 is 0 Å². The van der Waals surface area contributed by atoms with Gasteiger partial charge >= 0.3 is 0 Å². The van der Waals surface area contributed by atoms with Gasteiger partial charge in [-0.15, -0.1) is 0 Å². The van der Waals surface area contributed by atoms with Crippen molar-refractivity contribution in [3.8, 4) is 11.5 Å². The smallest absolute Gasteiger partial charge is 0.175 e. The molecule has 0 saturated heterocycles. The Morgan fingerprint density at radius 3 is 2.67 bits per heavy atom. The summed E-state index contributed by atoms with van der Waals surface area (Å²) < 4.78 is 25.8. The van der Waals surface area contributed by atoms with Crippen LogP contribution in [0.3, 0.4) is 0 Å². The predicted octanol–water partition coefficient (Wildman–Crippen LogP) is 5.33. The standard InChI is InChI=1S/C18H20BrClFNO2/c1-11(2)22-9-12-7-14(19)18(17(8-12)23-3)24-10-13-15(20)5-4-6-16(13)21/h4-8,11,22H,9-10H2,1-3H3. The molecule has 0 spiro atoms. The first-order chi connectivity index (χ1) is 11.4. The number of halogens is 3. The minimum Gasteiger partial charge on any atom is -0.493 e. The molecule has 1 N–H and O–H groups in total. The zero-order chi connectivity index (χ0) is 17.7. The van der Waals surface area contributed by atoms with Gasteiger partial charge < -0.3 is 14.8 Å². The van der Waals surface area contributed by atoms with E-state index in [4.69, 9.17) is 21.1 Å². The first-order valence-corrected chi connectivity index (χ1v) is 8.75. The van der Waals surface area contributed by atoms with Crippen LogP contribution in [0, 0.1) is 5.82 Å². The van der Waals surface area contributed by atoms with Crippen molar-refractivity contribution < 1.29 is 13.9 Å². The molecule has 0 radical (unpaired) electrons. The van der Waals surface area contributed by atoms with Gasteiger partial charge in [-0.1, -0.05) is 31.5 Å². The van der Waals surface area contributed by atoms with Crippen molar-refractivity contribution in [1.29, 1.82) is 0 Å². The number of benzene rings is 2. The molecular formula is C18H20BrClFNO2. The number of hydrogen-bond donors (Lipinski definition) is 1. The van der Waals surface area contributed by atoms with Gasteiger partial charge in [-0.05, 0) is 45.8 Å². The van der Waals surface area contributed by atoms with Crippen molar-refractivity contribution in [2.75, 3.05) is 7.11 Å². The third-order valence-corrected chi connectivity index (χ3v) is 4.37. The number of hydrogen-bond acceptors (Lipinski definition) is 3. The van der Waals surface area contributed by atoms with E-state index in [1.165, 1.54) is 6.07 Å². The van der Waals surface area contributed by atoms with Gasteiger partial charge in [-0.3, -0.25) is 0 Å². The first-order valence-electron chi connectivity index (χ1n) is 7.57. The van der Waals surface area contributed by atoms with Gasteiger partial charge in [0.25, 0.3) is 0 Å². The normalized spacial score (nSPS) is 11.0. The Balaban J connectivity index is 2.20. The molecule has 0 amide bonds.